The topological polar surface area (TPSA) is 54.3 Å². The van der Waals surface area contributed by atoms with E-state index >= 15 is 0 Å². The van der Waals surface area contributed by atoms with E-state index < -0.39 is 0 Å². The smallest absolute Gasteiger partial charge is 0.272 e. The molecule has 2 aromatic heterocycles. The fraction of sp³-hybridized carbons (Fsp3) is 0.471. The summed E-state index contributed by atoms with van der Waals surface area (Å²) in [6, 6.07) is 6.24. The Morgan fingerprint density at radius 2 is 2.08 bits per heavy atom. The number of amides is 1. The monoisotopic (exact) mass is 343 g/mol. The molecule has 0 aliphatic carbocycles. The zero-order chi connectivity index (χ0) is 16.4. The SMILES string of the molecule is O=C(c1cc(-n2cccn2)ccn1)N1CCN([C@H]2CCSC2)CC1. The van der Waals surface area contributed by atoms with Crippen molar-refractivity contribution in [2.45, 2.75) is 12.5 Å². The van der Waals surface area contributed by atoms with Crippen LogP contribution in [-0.2, 0) is 0 Å². The van der Waals surface area contributed by atoms with Gasteiger partial charge in [0.15, 0.2) is 0 Å². The van der Waals surface area contributed by atoms with Gasteiger partial charge in [0.25, 0.3) is 5.91 Å². The van der Waals surface area contributed by atoms with Crippen molar-refractivity contribution in [1.82, 2.24) is 24.6 Å². The van der Waals surface area contributed by atoms with Crippen molar-refractivity contribution >= 4 is 17.7 Å². The number of hydrogen-bond acceptors (Lipinski definition) is 5. The molecule has 1 amide bonds. The van der Waals surface area contributed by atoms with Gasteiger partial charge in [-0.25, -0.2) is 4.68 Å². The molecule has 2 fully saturated rings. The van der Waals surface area contributed by atoms with Crippen LogP contribution < -0.4 is 0 Å². The summed E-state index contributed by atoms with van der Waals surface area (Å²) in [5, 5.41) is 4.21. The van der Waals surface area contributed by atoms with Crippen molar-refractivity contribution in [3.05, 3.63) is 42.5 Å². The molecule has 1 atom stereocenters. The molecular formula is C17H21N5OS. The highest BCUT2D eigenvalue weighted by Gasteiger charge is 2.28. The maximum Gasteiger partial charge on any atom is 0.272 e. The minimum absolute atomic E-state index is 0.0180. The fourth-order valence-electron chi connectivity index (χ4n) is 3.36. The third kappa shape index (κ3) is 3.18. The first-order chi connectivity index (χ1) is 11.8. The van der Waals surface area contributed by atoms with Gasteiger partial charge in [-0.1, -0.05) is 0 Å². The third-order valence-electron chi connectivity index (χ3n) is 4.76. The minimum Gasteiger partial charge on any atom is -0.335 e. The van der Waals surface area contributed by atoms with Gasteiger partial charge in [0.2, 0.25) is 0 Å². The van der Waals surface area contributed by atoms with E-state index in [0.717, 1.165) is 31.9 Å². The number of piperazine rings is 1. The lowest BCUT2D eigenvalue weighted by atomic mass is 10.2. The van der Waals surface area contributed by atoms with E-state index in [-0.39, 0.29) is 5.91 Å². The van der Waals surface area contributed by atoms with Gasteiger partial charge in [0, 0.05) is 56.6 Å². The van der Waals surface area contributed by atoms with E-state index in [4.69, 9.17) is 0 Å². The van der Waals surface area contributed by atoms with Crippen LogP contribution in [0, 0.1) is 0 Å². The molecule has 7 heteroatoms. The highest BCUT2D eigenvalue weighted by atomic mass is 32.2. The molecule has 126 valence electrons. The molecular weight excluding hydrogens is 322 g/mol. The number of pyridine rings is 1. The normalized spacial score (nSPS) is 22.0. The molecule has 0 aromatic carbocycles. The Balaban J connectivity index is 1.42. The lowest BCUT2D eigenvalue weighted by molar-refractivity contribution is 0.0583. The van der Waals surface area contributed by atoms with E-state index in [1.807, 2.05) is 41.1 Å². The van der Waals surface area contributed by atoms with Crippen molar-refractivity contribution in [2.75, 3.05) is 37.7 Å². The van der Waals surface area contributed by atoms with E-state index in [2.05, 4.69) is 15.0 Å². The maximum absolute atomic E-state index is 12.8. The molecule has 4 heterocycles. The van der Waals surface area contributed by atoms with E-state index in [0.29, 0.717) is 11.7 Å². The Hall–Kier alpha value is -1.86. The van der Waals surface area contributed by atoms with Crippen LogP contribution >= 0.6 is 11.8 Å². The lowest BCUT2D eigenvalue weighted by Crippen LogP contribution is -2.52. The Bertz CT molecular complexity index is 691. The highest BCUT2D eigenvalue weighted by molar-refractivity contribution is 7.99. The molecule has 6 nitrogen and oxygen atoms in total. The van der Waals surface area contributed by atoms with E-state index in [1.165, 1.54) is 17.9 Å². The van der Waals surface area contributed by atoms with Gasteiger partial charge in [-0.3, -0.25) is 14.7 Å². The Morgan fingerprint density at radius 1 is 1.21 bits per heavy atom. The summed E-state index contributed by atoms with van der Waals surface area (Å²) in [6.07, 6.45) is 6.55. The van der Waals surface area contributed by atoms with Crippen molar-refractivity contribution in [3.63, 3.8) is 0 Å². The Kier molecular flexibility index (Phi) is 4.53. The number of aromatic nitrogens is 3. The molecule has 0 unspecified atom stereocenters. The summed E-state index contributed by atoms with van der Waals surface area (Å²) >= 11 is 2.04. The van der Waals surface area contributed by atoms with Crippen molar-refractivity contribution in [3.8, 4) is 5.69 Å². The summed E-state index contributed by atoms with van der Waals surface area (Å²) in [6.45, 7) is 3.51. The van der Waals surface area contributed by atoms with Crippen LogP contribution in [0.4, 0.5) is 0 Å². The molecule has 0 saturated carbocycles. The molecule has 2 saturated heterocycles. The van der Waals surface area contributed by atoms with Crippen LogP contribution in [0.25, 0.3) is 5.69 Å². The van der Waals surface area contributed by atoms with Crippen LogP contribution in [0.5, 0.6) is 0 Å². The van der Waals surface area contributed by atoms with Crippen molar-refractivity contribution in [2.24, 2.45) is 0 Å². The average Bonchev–Trinajstić information content (AvgIpc) is 3.35. The van der Waals surface area contributed by atoms with Gasteiger partial charge in [0.1, 0.15) is 5.69 Å². The van der Waals surface area contributed by atoms with Crippen LogP contribution in [-0.4, -0.2) is 74.2 Å². The van der Waals surface area contributed by atoms with Gasteiger partial charge >= 0.3 is 0 Å². The molecule has 2 aliphatic heterocycles. The van der Waals surface area contributed by atoms with Gasteiger partial charge in [-0.2, -0.15) is 16.9 Å². The first-order valence-electron chi connectivity index (χ1n) is 8.38. The maximum atomic E-state index is 12.8. The Labute approximate surface area is 145 Å². The van der Waals surface area contributed by atoms with E-state index in [9.17, 15) is 4.79 Å². The number of carbonyl (C=O) groups excluding carboxylic acids is 1. The van der Waals surface area contributed by atoms with E-state index in [1.54, 1.807) is 17.1 Å². The predicted molar refractivity (Wildman–Crippen MR) is 94.6 cm³/mol. The molecule has 0 N–H and O–H groups in total. The second-order valence-electron chi connectivity index (χ2n) is 6.20. The van der Waals surface area contributed by atoms with Crippen LogP contribution in [0.2, 0.25) is 0 Å². The molecule has 24 heavy (non-hydrogen) atoms. The number of thioether (sulfide) groups is 1. The number of rotatable bonds is 3. The standard InChI is InChI=1S/C17H21N5OS/c23-17(16-12-14(2-5-18-16)22-6-1-4-19-22)21-9-7-20(8-10-21)15-3-11-24-13-15/h1-2,4-6,12,15H,3,7-11,13H2/t15-/m0/s1. The van der Waals surface area contributed by atoms with Crippen LogP contribution in [0.1, 0.15) is 16.9 Å². The summed E-state index contributed by atoms with van der Waals surface area (Å²) < 4.78 is 1.74. The predicted octanol–water partition coefficient (Wildman–Crippen LogP) is 1.53. The second-order valence-corrected chi connectivity index (χ2v) is 7.35. The fourth-order valence-corrected chi connectivity index (χ4v) is 4.62. The third-order valence-corrected chi connectivity index (χ3v) is 5.90. The zero-order valence-corrected chi connectivity index (χ0v) is 14.4. The summed E-state index contributed by atoms with van der Waals surface area (Å²) in [5.74, 6) is 2.53. The summed E-state index contributed by atoms with van der Waals surface area (Å²) in [4.78, 5) is 21.5. The van der Waals surface area contributed by atoms with Gasteiger partial charge in [-0.15, -0.1) is 0 Å². The first kappa shape index (κ1) is 15.7. The summed E-state index contributed by atoms with van der Waals surface area (Å²) in [7, 11) is 0. The van der Waals surface area contributed by atoms with Crippen LogP contribution in [0.3, 0.4) is 0 Å². The van der Waals surface area contributed by atoms with Gasteiger partial charge in [0.05, 0.1) is 5.69 Å². The molecule has 2 aliphatic rings. The number of carbonyl (C=O) groups is 1. The van der Waals surface area contributed by atoms with Crippen LogP contribution in [0.15, 0.2) is 36.8 Å². The molecule has 0 bridgehead atoms. The lowest BCUT2D eigenvalue weighted by Gasteiger charge is -2.37. The molecule has 2 aromatic rings. The molecule has 0 spiro atoms. The quantitative estimate of drug-likeness (QED) is 0.846. The largest absolute Gasteiger partial charge is 0.335 e. The Morgan fingerprint density at radius 3 is 2.79 bits per heavy atom. The number of nitrogens with zero attached hydrogens (tertiary/aromatic N) is 5. The molecule has 4 rings (SSSR count). The number of hydrogen-bond donors (Lipinski definition) is 0. The zero-order valence-electron chi connectivity index (χ0n) is 13.5. The molecule has 0 radical (unpaired) electrons. The highest BCUT2D eigenvalue weighted by Crippen LogP contribution is 2.23. The van der Waals surface area contributed by atoms with Crippen molar-refractivity contribution < 1.29 is 4.79 Å². The second kappa shape index (κ2) is 6.94. The first-order valence-corrected chi connectivity index (χ1v) is 9.54. The minimum atomic E-state index is 0.0180. The van der Waals surface area contributed by atoms with Gasteiger partial charge < -0.3 is 4.90 Å². The average molecular weight is 343 g/mol. The van der Waals surface area contributed by atoms with Gasteiger partial charge in [-0.05, 0) is 30.4 Å². The summed E-state index contributed by atoms with van der Waals surface area (Å²) in [5.41, 5.74) is 1.35. The van der Waals surface area contributed by atoms with Crippen molar-refractivity contribution in [1.29, 1.82) is 0 Å².